The van der Waals surface area contributed by atoms with Crippen LogP contribution in [0.3, 0.4) is 0 Å². The van der Waals surface area contributed by atoms with E-state index < -0.39 is 33.9 Å². The third-order valence-electron chi connectivity index (χ3n) is 3.18. The molecule has 0 spiro atoms. The number of nitro groups is 1. The highest BCUT2D eigenvalue weighted by molar-refractivity contribution is 5.83. The molecule has 0 unspecified atom stereocenters. The maximum atomic E-state index is 13.5. The van der Waals surface area contributed by atoms with Gasteiger partial charge in [0.2, 0.25) is 0 Å². The molecule has 0 atom stereocenters. The van der Waals surface area contributed by atoms with Crippen molar-refractivity contribution in [3.8, 4) is 0 Å². The lowest BCUT2D eigenvalue weighted by molar-refractivity contribution is -0.384. The van der Waals surface area contributed by atoms with Crippen LogP contribution in [0.25, 0.3) is 0 Å². The Balaban J connectivity index is 2.30. The largest absolute Gasteiger partial charge is 0.372 e. The molecule has 2 aromatic carbocycles. The summed E-state index contributed by atoms with van der Waals surface area (Å²) in [7, 11) is 3.25. The van der Waals surface area contributed by atoms with E-state index in [-0.39, 0.29) is 17.3 Å². The number of anilines is 2. The van der Waals surface area contributed by atoms with Crippen LogP contribution >= 0.6 is 0 Å². The smallest absolute Gasteiger partial charge is 0.293 e. The molecule has 0 aliphatic carbocycles. The van der Waals surface area contributed by atoms with Crippen molar-refractivity contribution in [2.45, 2.75) is 0 Å². The monoisotopic (exact) mass is 356 g/mol. The van der Waals surface area contributed by atoms with E-state index in [9.17, 15) is 27.7 Å². The van der Waals surface area contributed by atoms with Gasteiger partial charge in [-0.15, -0.1) is 0 Å². The Labute approximate surface area is 139 Å². The SMILES string of the molecule is CN(C)c1ccc(/C=N/Nc2c(F)c(F)cc(F)c2F)cc1[N+](=O)[O-]. The zero-order valence-corrected chi connectivity index (χ0v) is 13.1. The molecular weight excluding hydrogens is 344 g/mol. The molecule has 1 N–H and O–H groups in total. The molecule has 0 fully saturated rings. The van der Waals surface area contributed by atoms with Gasteiger partial charge >= 0.3 is 0 Å². The van der Waals surface area contributed by atoms with Gasteiger partial charge in [0.1, 0.15) is 11.4 Å². The lowest BCUT2D eigenvalue weighted by atomic mass is 10.2. The molecular formula is C15H12F4N4O2. The molecule has 2 aromatic rings. The maximum absolute atomic E-state index is 13.5. The van der Waals surface area contributed by atoms with Crippen molar-refractivity contribution < 1.29 is 22.5 Å². The van der Waals surface area contributed by atoms with Crippen molar-refractivity contribution in [2.24, 2.45) is 5.10 Å². The van der Waals surface area contributed by atoms with Gasteiger partial charge in [0.25, 0.3) is 5.69 Å². The van der Waals surface area contributed by atoms with Gasteiger partial charge in [0, 0.05) is 31.8 Å². The van der Waals surface area contributed by atoms with Gasteiger partial charge in [-0.2, -0.15) is 5.10 Å². The Kier molecular flexibility index (Phi) is 5.20. The second-order valence-electron chi connectivity index (χ2n) is 5.11. The van der Waals surface area contributed by atoms with E-state index in [4.69, 9.17) is 0 Å². The predicted octanol–water partition coefficient (Wildman–Crippen LogP) is 3.66. The zero-order chi connectivity index (χ0) is 18.7. The molecule has 0 aliphatic heterocycles. The van der Waals surface area contributed by atoms with Crippen molar-refractivity contribution in [3.05, 3.63) is 63.2 Å². The van der Waals surface area contributed by atoms with Crippen LogP contribution in [0.15, 0.2) is 29.4 Å². The zero-order valence-electron chi connectivity index (χ0n) is 13.1. The molecule has 25 heavy (non-hydrogen) atoms. The van der Waals surface area contributed by atoms with E-state index in [0.717, 1.165) is 6.21 Å². The molecule has 0 aliphatic rings. The first-order valence-corrected chi connectivity index (χ1v) is 6.80. The molecule has 0 radical (unpaired) electrons. The van der Waals surface area contributed by atoms with E-state index in [1.807, 2.05) is 5.43 Å². The number of nitrogens with one attached hydrogen (secondary N) is 1. The lowest BCUT2D eigenvalue weighted by Gasteiger charge is -2.12. The molecule has 0 saturated heterocycles. The average molecular weight is 356 g/mol. The van der Waals surface area contributed by atoms with Gasteiger partial charge in [-0.25, -0.2) is 17.6 Å². The number of nitrogens with zero attached hydrogens (tertiary/aromatic N) is 3. The molecule has 6 nitrogen and oxygen atoms in total. The molecule has 2 rings (SSSR count). The summed E-state index contributed by atoms with van der Waals surface area (Å²) in [5.41, 5.74) is 1.13. The number of benzene rings is 2. The van der Waals surface area contributed by atoms with Crippen LogP contribution in [-0.2, 0) is 0 Å². The Hall–Kier alpha value is -3.17. The van der Waals surface area contributed by atoms with Crippen LogP contribution in [0.5, 0.6) is 0 Å². The summed E-state index contributed by atoms with van der Waals surface area (Å²) < 4.78 is 53.1. The Morgan fingerprint density at radius 1 is 1.12 bits per heavy atom. The van der Waals surface area contributed by atoms with E-state index in [2.05, 4.69) is 5.10 Å². The number of hydrogen-bond donors (Lipinski definition) is 1. The Morgan fingerprint density at radius 2 is 1.72 bits per heavy atom. The minimum atomic E-state index is -1.63. The summed E-state index contributed by atoms with van der Waals surface area (Å²) >= 11 is 0. The number of halogens is 4. The number of nitro benzene ring substituents is 1. The fourth-order valence-corrected chi connectivity index (χ4v) is 1.99. The van der Waals surface area contributed by atoms with E-state index in [0.29, 0.717) is 5.69 Å². The van der Waals surface area contributed by atoms with Gasteiger partial charge < -0.3 is 4.90 Å². The molecule has 132 valence electrons. The highest BCUT2D eigenvalue weighted by Crippen LogP contribution is 2.27. The van der Waals surface area contributed by atoms with E-state index in [1.54, 1.807) is 14.1 Å². The van der Waals surface area contributed by atoms with E-state index in [1.165, 1.54) is 23.1 Å². The van der Waals surface area contributed by atoms with Gasteiger partial charge in [-0.1, -0.05) is 6.07 Å². The summed E-state index contributed by atoms with van der Waals surface area (Å²) in [5.74, 6) is -6.43. The van der Waals surface area contributed by atoms with Crippen LogP contribution in [-0.4, -0.2) is 25.2 Å². The predicted molar refractivity (Wildman–Crippen MR) is 84.9 cm³/mol. The standard InChI is InChI=1S/C15H12F4N4O2/c1-22(2)11-4-3-8(5-12(11)23(24)25)7-20-21-15-13(18)9(16)6-10(17)14(15)19/h3-7,21H,1-2H3/b20-7+. The summed E-state index contributed by atoms with van der Waals surface area (Å²) in [6.45, 7) is 0. The minimum absolute atomic E-state index is 0.0723. The first-order valence-electron chi connectivity index (χ1n) is 6.80. The topological polar surface area (TPSA) is 70.8 Å². The summed E-state index contributed by atoms with van der Waals surface area (Å²) in [6, 6.07) is 4.21. The van der Waals surface area contributed by atoms with E-state index >= 15 is 0 Å². The van der Waals surface area contributed by atoms with Crippen LogP contribution in [0, 0.1) is 33.4 Å². The number of rotatable bonds is 5. The molecule has 0 heterocycles. The van der Waals surface area contributed by atoms with Gasteiger partial charge in [0.15, 0.2) is 23.3 Å². The van der Waals surface area contributed by atoms with Crippen LogP contribution in [0.4, 0.5) is 34.6 Å². The third-order valence-corrected chi connectivity index (χ3v) is 3.18. The summed E-state index contributed by atoms with van der Waals surface area (Å²) in [6.07, 6.45) is 1.02. The molecule has 0 amide bonds. The number of hydrazone groups is 1. The van der Waals surface area contributed by atoms with Gasteiger partial charge in [-0.05, 0) is 6.07 Å². The summed E-state index contributed by atoms with van der Waals surface area (Å²) in [5, 5.41) is 14.5. The van der Waals surface area contributed by atoms with Crippen LogP contribution in [0.2, 0.25) is 0 Å². The molecule has 0 saturated carbocycles. The van der Waals surface area contributed by atoms with Gasteiger partial charge in [-0.3, -0.25) is 15.5 Å². The van der Waals surface area contributed by atoms with Crippen LogP contribution < -0.4 is 10.3 Å². The lowest BCUT2D eigenvalue weighted by Crippen LogP contribution is -2.11. The fourth-order valence-electron chi connectivity index (χ4n) is 1.99. The molecule has 10 heteroatoms. The van der Waals surface area contributed by atoms with Crippen molar-refractivity contribution in [1.82, 2.24) is 0 Å². The minimum Gasteiger partial charge on any atom is -0.372 e. The maximum Gasteiger partial charge on any atom is 0.293 e. The highest BCUT2D eigenvalue weighted by Gasteiger charge is 2.19. The van der Waals surface area contributed by atoms with Crippen molar-refractivity contribution in [2.75, 3.05) is 24.4 Å². The average Bonchev–Trinajstić information content (AvgIpc) is 2.55. The first-order chi connectivity index (χ1) is 11.7. The summed E-state index contributed by atoms with van der Waals surface area (Å²) in [4.78, 5) is 12.0. The van der Waals surface area contributed by atoms with Crippen molar-refractivity contribution in [3.63, 3.8) is 0 Å². The second-order valence-corrected chi connectivity index (χ2v) is 5.11. The second kappa shape index (κ2) is 7.16. The quantitative estimate of drug-likeness (QED) is 0.292. The van der Waals surface area contributed by atoms with Crippen molar-refractivity contribution in [1.29, 1.82) is 0 Å². The third kappa shape index (κ3) is 3.84. The normalized spacial score (nSPS) is 11.0. The molecule has 0 aromatic heterocycles. The highest BCUT2D eigenvalue weighted by atomic mass is 19.2. The van der Waals surface area contributed by atoms with Gasteiger partial charge in [0.05, 0.1) is 11.1 Å². The van der Waals surface area contributed by atoms with Crippen molar-refractivity contribution >= 4 is 23.3 Å². The number of hydrogen-bond acceptors (Lipinski definition) is 5. The Morgan fingerprint density at radius 3 is 2.24 bits per heavy atom. The Bertz CT molecular complexity index is 830. The first kappa shape index (κ1) is 18.2. The fraction of sp³-hybridized carbons (Fsp3) is 0.133. The molecule has 0 bridgehead atoms. The van der Waals surface area contributed by atoms with Crippen LogP contribution in [0.1, 0.15) is 5.56 Å².